The summed E-state index contributed by atoms with van der Waals surface area (Å²) in [6, 6.07) is 4.87. The maximum atomic E-state index is 10.8. The van der Waals surface area contributed by atoms with Crippen LogP contribution in [-0.4, -0.2) is 36.8 Å². The molecule has 0 bridgehead atoms. The lowest BCUT2D eigenvalue weighted by atomic mass is 9.85. The Morgan fingerprint density at radius 1 is 1.50 bits per heavy atom. The minimum absolute atomic E-state index is 0.00546. The fraction of sp³-hybridized carbons (Fsp3) is 0.538. The van der Waals surface area contributed by atoms with E-state index >= 15 is 0 Å². The highest BCUT2D eigenvalue weighted by molar-refractivity contribution is 9.10. The Labute approximate surface area is 125 Å². The molecule has 1 aliphatic rings. The van der Waals surface area contributed by atoms with Crippen LogP contribution < -0.4 is 10.1 Å². The third-order valence-electron chi connectivity index (χ3n) is 3.34. The van der Waals surface area contributed by atoms with Crippen LogP contribution in [0.3, 0.4) is 0 Å². The monoisotopic (exact) mass is 344 g/mol. The van der Waals surface area contributed by atoms with E-state index < -0.39 is 4.92 Å². The minimum atomic E-state index is -0.437. The molecule has 1 aromatic carbocycles. The number of benzene rings is 1. The van der Waals surface area contributed by atoms with E-state index in [0.717, 1.165) is 13.0 Å². The summed E-state index contributed by atoms with van der Waals surface area (Å²) in [5.41, 5.74) is 0.00546. The second-order valence-corrected chi connectivity index (χ2v) is 5.57. The fourth-order valence-electron chi connectivity index (χ4n) is 2.37. The van der Waals surface area contributed by atoms with Gasteiger partial charge in [-0.2, -0.15) is 0 Å². The van der Waals surface area contributed by atoms with E-state index in [9.17, 15) is 10.1 Å². The van der Waals surface area contributed by atoms with Gasteiger partial charge in [-0.3, -0.25) is 10.1 Å². The Balaban J connectivity index is 2.05. The van der Waals surface area contributed by atoms with Gasteiger partial charge in [0.15, 0.2) is 0 Å². The number of non-ortho nitro benzene ring substituents is 1. The van der Waals surface area contributed by atoms with Crippen LogP contribution in [0.2, 0.25) is 0 Å². The number of nitro benzene ring substituents is 1. The van der Waals surface area contributed by atoms with Gasteiger partial charge in [0, 0.05) is 30.1 Å². The average Bonchev–Trinajstić information content (AvgIpc) is 2.37. The van der Waals surface area contributed by atoms with Crippen molar-refractivity contribution in [1.82, 2.24) is 5.32 Å². The van der Waals surface area contributed by atoms with Crippen molar-refractivity contribution in [3.8, 4) is 5.75 Å². The first-order valence-electron chi connectivity index (χ1n) is 6.43. The molecule has 2 rings (SSSR count). The predicted molar refractivity (Wildman–Crippen MR) is 78.1 cm³/mol. The van der Waals surface area contributed by atoms with Gasteiger partial charge in [0.1, 0.15) is 18.0 Å². The molecule has 1 aromatic rings. The summed E-state index contributed by atoms with van der Waals surface area (Å²) < 4.78 is 11.8. The van der Waals surface area contributed by atoms with E-state index in [1.807, 2.05) is 6.92 Å². The third kappa shape index (κ3) is 3.28. The Hall–Kier alpha value is -1.18. The molecular weight excluding hydrogens is 328 g/mol. The van der Waals surface area contributed by atoms with Gasteiger partial charge in [-0.1, -0.05) is 22.9 Å². The average molecular weight is 345 g/mol. The number of ether oxygens (including phenoxy) is 2. The molecule has 0 amide bonds. The number of hydrogen-bond acceptors (Lipinski definition) is 5. The van der Waals surface area contributed by atoms with Crippen molar-refractivity contribution >= 4 is 21.6 Å². The van der Waals surface area contributed by atoms with Gasteiger partial charge in [-0.15, -0.1) is 0 Å². The van der Waals surface area contributed by atoms with Gasteiger partial charge in [-0.25, -0.2) is 0 Å². The molecule has 0 radical (unpaired) electrons. The SMILES string of the molecule is CCNC1CC(Oc2cc(Br)cc([N+](=O)[O-])c2)C1OC. The van der Waals surface area contributed by atoms with Crippen molar-refractivity contribution in [3.63, 3.8) is 0 Å². The van der Waals surface area contributed by atoms with E-state index in [0.29, 0.717) is 10.2 Å². The lowest BCUT2D eigenvalue weighted by Gasteiger charge is -2.43. The number of nitrogens with zero attached hydrogens (tertiary/aromatic N) is 1. The number of halogens is 1. The van der Waals surface area contributed by atoms with E-state index in [2.05, 4.69) is 21.2 Å². The smallest absolute Gasteiger partial charge is 0.274 e. The zero-order chi connectivity index (χ0) is 14.7. The summed E-state index contributed by atoms with van der Waals surface area (Å²) in [4.78, 5) is 10.4. The molecule has 1 fully saturated rings. The molecule has 110 valence electrons. The Kier molecular flexibility index (Phi) is 4.95. The second-order valence-electron chi connectivity index (χ2n) is 4.66. The van der Waals surface area contributed by atoms with Crippen LogP contribution in [0.15, 0.2) is 22.7 Å². The van der Waals surface area contributed by atoms with Crippen molar-refractivity contribution in [2.24, 2.45) is 0 Å². The maximum Gasteiger partial charge on any atom is 0.274 e. The molecule has 3 unspecified atom stereocenters. The molecule has 3 atom stereocenters. The van der Waals surface area contributed by atoms with Gasteiger partial charge < -0.3 is 14.8 Å². The Bertz CT molecular complexity index is 497. The largest absolute Gasteiger partial charge is 0.487 e. The highest BCUT2D eigenvalue weighted by Gasteiger charge is 2.42. The Morgan fingerprint density at radius 2 is 2.25 bits per heavy atom. The van der Waals surface area contributed by atoms with Crippen LogP contribution in [0.5, 0.6) is 5.75 Å². The van der Waals surface area contributed by atoms with Crippen molar-refractivity contribution in [1.29, 1.82) is 0 Å². The van der Waals surface area contributed by atoms with Crippen LogP contribution in [0.25, 0.3) is 0 Å². The molecule has 0 aliphatic heterocycles. The molecule has 0 heterocycles. The van der Waals surface area contributed by atoms with Crippen molar-refractivity contribution in [2.75, 3.05) is 13.7 Å². The quantitative estimate of drug-likeness (QED) is 0.633. The number of nitro groups is 1. The molecule has 1 N–H and O–H groups in total. The van der Waals surface area contributed by atoms with Gasteiger partial charge in [-0.05, 0) is 12.6 Å². The number of nitrogens with one attached hydrogen (secondary N) is 1. The summed E-state index contributed by atoms with van der Waals surface area (Å²) in [6.07, 6.45) is 0.707. The topological polar surface area (TPSA) is 73.6 Å². The van der Waals surface area contributed by atoms with Crippen molar-refractivity contribution in [3.05, 3.63) is 32.8 Å². The fourth-order valence-corrected chi connectivity index (χ4v) is 2.83. The summed E-state index contributed by atoms with van der Waals surface area (Å²) >= 11 is 3.25. The highest BCUT2D eigenvalue weighted by Crippen LogP contribution is 2.32. The van der Waals surface area contributed by atoms with Crippen LogP contribution in [0.1, 0.15) is 13.3 Å². The third-order valence-corrected chi connectivity index (χ3v) is 3.80. The predicted octanol–water partition coefficient (Wildman–Crippen LogP) is 2.50. The summed E-state index contributed by atoms with van der Waals surface area (Å²) in [5, 5.41) is 14.1. The first-order valence-corrected chi connectivity index (χ1v) is 7.22. The molecule has 1 aliphatic carbocycles. The summed E-state index contributed by atoms with van der Waals surface area (Å²) in [5.74, 6) is 0.480. The maximum absolute atomic E-state index is 10.8. The zero-order valence-electron chi connectivity index (χ0n) is 11.3. The number of methoxy groups -OCH3 is 1. The van der Waals surface area contributed by atoms with Gasteiger partial charge in [0.05, 0.1) is 11.0 Å². The van der Waals surface area contributed by atoms with E-state index in [-0.39, 0.29) is 23.9 Å². The van der Waals surface area contributed by atoms with Crippen molar-refractivity contribution < 1.29 is 14.4 Å². The lowest BCUT2D eigenvalue weighted by Crippen LogP contribution is -2.60. The molecule has 7 heteroatoms. The minimum Gasteiger partial charge on any atom is -0.487 e. The first-order chi connectivity index (χ1) is 9.55. The van der Waals surface area contributed by atoms with Crippen LogP contribution >= 0.6 is 15.9 Å². The molecule has 0 saturated heterocycles. The molecule has 0 spiro atoms. The molecule has 6 nitrogen and oxygen atoms in total. The van der Waals surface area contributed by atoms with E-state index in [4.69, 9.17) is 9.47 Å². The number of likely N-dealkylation sites (N-methyl/N-ethyl adjacent to an activating group) is 1. The molecule has 1 saturated carbocycles. The summed E-state index contributed by atoms with van der Waals surface area (Å²) in [7, 11) is 1.65. The number of hydrogen-bond donors (Lipinski definition) is 1. The van der Waals surface area contributed by atoms with Gasteiger partial charge in [0.2, 0.25) is 0 Å². The second kappa shape index (κ2) is 6.51. The first kappa shape index (κ1) is 15.2. The lowest BCUT2D eigenvalue weighted by molar-refractivity contribution is -0.385. The van der Waals surface area contributed by atoms with E-state index in [1.165, 1.54) is 12.1 Å². The van der Waals surface area contributed by atoms with Crippen LogP contribution in [-0.2, 0) is 4.74 Å². The Morgan fingerprint density at radius 3 is 2.85 bits per heavy atom. The van der Waals surface area contributed by atoms with Crippen LogP contribution in [0.4, 0.5) is 5.69 Å². The molecule has 0 aromatic heterocycles. The molecular formula is C13H17BrN2O4. The van der Waals surface area contributed by atoms with Crippen LogP contribution in [0, 0.1) is 10.1 Å². The van der Waals surface area contributed by atoms with E-state index in [1.54, 1.807) is 13.2 Å². The normalized spacial score (nSPS) is 25.1. The summed E-state index contributed by atoms with van der Waals surface area (Å²) in [6.45, 7) is 2.91. The van der Waals surface area contributed by atoms with Gasteiger partial charge >= 0.3 is 0 Å². The van der Waals surface area contributed by atoms with Crippen molar-refractivity contribution in [2.45, 2.75) is 31.6 Å². The highest BCUT2D eigenvalue weighted by atomic mass is 79.9. The number of rotatable bonds is 6. The van der Waals surface area contributed by atoms with Gasteiger partial charge in [0.25, 0.3) is 5.69 Å². The standard InChI is InChI=1S/C13H17BrN2O4/c1-3-15-11-7-12(13(11)19-2)20-10-5-8(14)4-9(6-10)16(17)18/h4-6,11-13,15H,3,7H2,1-2H3. The zero-order valence-corrected chi connectivity index (χ0v) is 12.9. The molecule has 20 heavy (non-hydrogen) atoms.